The van der Waals surface area contributed by atoms with Gasteiger partial charge in [-0.2, -0.15) is 0 Å². The van der Waals surface area contributed by atoms with Crippen molar-refractivity contribution in [1.29, 1.82) is 0 Å². The van der Waals surface area contributed by atoms with Crippen molar-refractivity contribution in [2.24, 2.45) is 0 Å². The molecule has 0 aromatic carbocycles. The van der Waals surface area contributed by atoms with Crippen LogP contribution in [0, 0.1) is 10.1 Å². The molecule has 11 heteroatoms. The third-order valence-electron chi connectivity index (χ3n) is 2.94. The molecule has 2 heterocycles. The maximum absolute atomic E-state index is 11.8. The van der Waals surface area contributed by atoms with Crippen LogP contribution in [-0.4, -0.2) is 54.5 Å². The van der Waals surface area contributed by atoms with Crippen molar-refractivity contribution in [2.45, 2.75) is 24.5 Å². The van der Waals surface area contributed by atoms with E-state index in [1.54, 1.807) is 0 Å². The highest BCUT2D eigenvalue weighted by atomic mass is 16.7. The van der Waals surface area contributed by atoms with Gasteiger partial charge in [0.1, 0.15) is 18.3 Å². The van der Waals surface area contributed by atoms with E-state index in [9.17, 15) is 29.9 Å². The Kier molecular flexibility index (Phi) is 3.67. The number of aliphatic hydroxyl groups is 3. The summed E-state index contributed by atoms with van der Waals surface area (Å²) in [7, 11) is 0. The summed E-state index contributed by atoms with van der Waals surface area (Å²) in [4.78, 5) is 33.7. The maximum atomic E-state index is 11.8. The van der Waals surface area contributed by atoms with Crippen LogP contribution in [0.25, 0.3) is 0 Å². The number of aromatic nitrogens is 2. The molecular formula is C9H11N3O8. The normalized spacial score (nSPS) is 29.6. The van der Waals surface area contributed by atoms with Crippen molar-refractivity contribution in [3.05, 3.63) is 43.2 Å². The summed E-state index contributed by atoms with van der Waals surface area (Å²) >= 11 is 0. The average molecular weight is 289 g/mol. The molecule has 0 aliphatic carbocycles. The molecule has 0 saturated carbocycles. The molecule has 4 atom stereocenters. The number of hydrogen-bond acceptors (Lipinski definition) is 8. The van der Waals surface area contributed by atoms with Crippen molar-refractivity contribution in [1.82, 2.24) is 9.24 Å². The van der Waals surface area contributed by atoms with Gasteiger partial charge in [-0.3, -0.25) is 9.36 Å². The first-order valence-corrected chi connectivity index (χ1v) is 5.49. The summed E-state index contributed by atoms with van der Waals surface area (Å²) in [5, 5.41) is 37.7. The van der Waals surface area contributed by atoms with Crippen molar-refractivity contribution >= 4 is 0 Å². The Labute approximate surface area is 110 Å². The van der Waals surface area contributed by atoms with Gasteiger partial charge in [-0.05, 0) is 0 Å². The lowest BCUT2D eigenvalue weighted by atomic mass is 10.1. The van der Waals surface area contributed by atoms with E-state index in [1.807, 2.05) is 0 Å². The van der Waals surface area contributed by atoms with Gasteiger partial charge in [-0.1, -0.05) is 0 Å². The van der Waals surface area contributed by atoms with Gasteiger partial charge in [0, 0.05) is 16.9 Å². The molecule has 0 radical (unpaired) electrons. The quantitative estimate of drug-likeness (QED) is 0.385. The minimum absolute atomic E-state index is 0.255. The van der Waals surface area contributed by atoms with Crippen molar-refractivity contribution in [2.75, 3.05) is 6.61 Å². The van der Waals surface area contributed by atoms with Gasteiger partial charge in [0.05, 0.1) is 6.61 Å². The Morgan fingerprint density at radius 3 is 2.50 bits per heavy atom. The Hall–Kier alpha value is -2.08. The van der Waals surface area contributed by atoms with Gasteiger partial charge in [0.15, 0.2) is 11.3 Å². The molecule has 1 aliphatic heterocycles. The Bertz CT molecular complexity index is 637. The molecule has 11 nitrogen and oxygen atoms in total. The third-order valence-corrected chi connectivity index (χ3v) is 2.94. The first kappa shape index (κ1) is 14.3. The van der Waals surface area contributed by atoms with Gasteiger partial charge in [0.25, 0.3) is 0 Å². The Morgan fingerprint density at radius 1 is 1.35 bits per heavy atom. The van der Waals surface area contributed by atoms with Crippen molar-refractivity contribution in [3.8, 4) is 0 Å². The summed E-state index contributed by atoms with van der Waals surface area (Å²) in [6, 6.07) is 0.749. The second-order valence-corrected chi connectivity index (χ2v) is 4.12. The number of hydrogen-bond donors (Lipinski definition) is 3. The standard InChI is InChI=1S/C9H11N3O8/c13-3-4-6(15)7(16)8(20-4)10-2-1-5(14)11(9(10)17)12(18)19/h1-2,4,6-8,13,15-16H,3H2/t4-,6-,7-,8-/m1/s1. The smallest absolute Gasteiger partial charge is 0.394 e. The molecule has 1 aromatic heterocycles. The second-order valence-electron chi connectivity index (χ2n) is 4.12. The second kappa shape index (κ2) is 5.13. The van der Waals surface area contributed by atoms with Crippen molar-refractivity contribution in [3.63, 3.8) is 0 Å². The van der Waals surface area contributed by atoms with E-state index in [-0.39, 0.29) is 4.68 Å². The lowest BCUT2D eigenvalue weighted by Crippen LogP contribution is -2.45. The van der Waals surface area contributed by atoms with Crippen LogP contribution in [-0.2, 0) is 4.74 Å². The summed E-state index contributed by atoms with van der Waals surface area (Å²) in [6.07, 6.45) is -4.72. The van der Waals surface area contributed by atoms with Crippen LogP contribution in [0.2, 0.25) is 0 Å². The number of rotatable bonds is 3. The number of nitro groups is 1. The molecule has 0 bridgehead atoms. The fourth-order valence-electron chi connectivity index (χ4n) is 1.94. The molecular weight excluding hydrogens is 278 g/mol. The third kappa shape index (κ3) is 2.12. The maximum Gasteiger partial charge on any atom is 0.394 e. The highest BCUT2D eigenvalue weighted by Crippen LogP contribution is 2.27. The first-order valence-electron chi connectivity index (χ1n) is 5.49. The van der Waals surface area contributed by atoms with Crippen LogP contribution in [0.3, 0.4) is 0 Å². The van der Waals surface area contributed by atoms with Crippen LogP contribution < -0.4 is 11.2 Å². The minimum Gasteiger partial charge on any atom is -0.394 e. The van der Waals surface area contributed by atoms with Crippen LogP contribution in [0.1, 0.15) is 6.23 Å². The summed E-state index contributed by atoms with van der Waals surface area (Å²) in [5.74, 6) is 0. The van der Waals surface area contributed by atoms with Crippen LogP contribution in [0.5, 0.6) is 0 Å². The topological polar surface area (TPSA) is 157 Å². The van der Waals surface area contributed by atoms with E-state index in [0.717, 1.165) is 12.3 Å². The molecule has 0 unspecified atom stereocenters. The SMILES string of the molecule is O=c1ccn([C@@H]2O[C@H](CO)[C@@H](O)[C@H]2O)c(=O)n1[N+](=O)[O-]. The number of nitrogens with zero attached hydrogens (tertiary/aromatic N) is 3. The summed E-state index contributed by atoms with van der Waals surface area (Å²) < 4.78 is 5.40. The molecule has 1 aromatic rings. The fourth-order valence-corrected chi connectivity index (χ4v) is 1.94. The molecule has 0 spiro atoms. The molecule has 2 rings (SSSR count). The monoisotopic (exact) mass is 289 g/mol. The van der Waals surface area contributed by atoms with E-state index >= 15 is 0 Å². The van der Waals surface area contributed by atoms with E-state index in [2.05, 4.69) is 0 Å². The highest BCUT2D eigenvalue weighted by molar-refractivity contribution is 4.93. The molecule has 110 valence electrons. The molecule has 1 saturated heterocycles. The fraction of sp³-hybridized carbons (Fsp3) is 0.556. The summed E-state index contributed by atoms with van der Waals surface area (Å²) in [5.41, 5.74) is -2.49. The van der Waals surface area contributed by atoms with E-state index < -0.39 is 47.4 Å². The molecule has 1 aliphatic rings. The average Bonchev–Trinajstić information content (AvgIpc) is 2.66. The molecule has 1 fully saturated rings. The van der Waals surface area contributed by atoms with Gasteiger partial charge < -0.3 is 20.1 Å². The van der Waals surface area contributed by atoms with Gasteiger partial charge >= 0.3 is 11.2 Å². The van der Waals surface area contributed by atoms with Crippen molar-refractivity contribution < 1.29 is 25.1 Å². The Morgan fingerprint density at radius 2 is 2.00 bits per heavy atom. The largest absolute Gasteiger partial charge is 0.394 e. The zero-order valence-electron chi connectivity index (χ0n) is 9.90. The highest BCUT2D eigenvalue weighted by Gasteiger charge is 2.44. The molecule has 0 amide bonds. The summed E-state index contributed by atoms with van der Waals surface area (Å²) in [6.45, 7) is -0.613. The van der Waals surface area contributed by atoms with Gasteiger partial charge in [0.2, 0.25) is 0 Å². The molecule has 3 N–H and O–H groups in total. The predicted octanol–water partition coefficient (Wildman–Crippen LogP) is -3.34. The Balaban J connectivity index is 2.50. The van der Waals surface area contributed by atoms with E-state index in [4.69, 9.17) is 9.84 Å². The van der Waals surface area contributed by atoms with Gasteiger partial charge in [-0.15, -0.1) is 0 Å². The van der Waals surface area contributed by atoms with E-state index in [0.29, 0.717) is 4.57 Å². The van der Waals surface area contributed by atoms with Crippen LogP contribution >= 0.6 is 0 Å². The van der Waals surface area contributed by atoms with Crippen LogP contribution in [0.4, 0.5) is 0 Å². The zero-order valence-corrected chi connectivity index (χ0v) is 9.90. The van der Waals surface area contributed by atoms with Gasteiger partial charge in [-0.25, -0.2) is 14.9 Å². The minimum atomic E-state index is -1.58. The first-order chi connectivity index (χ1) is 9.38. The predicted molar refractivity (Wildman–Crippen MR) is 60.4 cm³/mol. The molecule has 20 heavy (non-hydrogen) atoms. The lowest BCUT2D eigenvalue weighted by Gasteiger charge is -2.16. The van der Waals surface area contributed by atoms with E-state index in [1.165, 1.54) is 0 Å². The number of aliphatic hydroxyl groups excluding tert-OH is 3. The number of ether oxygens (including phenoxy) is 1. The lowest BCUT2D eigenvalue weighted by molar-refractivity contribution is -0.549. The van der Waals surface area contributed by atoms with Crippen LogP contribution in [0.15, 0.2) is 21.9 Å². The zero-order chi connectivity index (χ0) is 15.0.